The highest BCUT2D eigenvalue weighted by Crippen LogP contribution is 2.16. The van der Waals surface area contributed by atoms with Crippen molar-refractivity contribution in [2.24, 2.45) is 11.7 Å². The van der Waals surface area contributed by atoms with Gasteiger partial charge >= 0.3 is 12.0 Å². The molecule has 0 bridgehead atoms. The van der Waals surface area contributed by atoms with Crippen LogP contribution in [0.5, 0.6) is 0 Å². The largest absolute Gasteiger partial charge is 0.480 e. The number of primary amides is 1. The summed E-state index contributed by atoms with van der Waals surface area (Å²) in [6.07, 6.45) is 2.88. The molecule has 7 heteroatoms. The van der Waals surface area contributed by atoms with Crippen molar-refractivity contribution in [2.45, 2.75) is 45.1 Å². The van der Waals surface area contributed by atoms with Gasteiger partial charge in [-0.1, -0.05) is 6.92 Å². The maximum Gasteiger partial charge on any atom is 0.326 e. The molecule has 4 N–H and O–H groups in total. The number of urea groups is 1. The molecule has 0 aromatic rings. The number of hydrogen-bond donors (Lipinski definition) is 3. The Balaban J connectivity index is 2.52. The number of carboxylic acid groups (broad SMARTS) is 1. The number of carbonyl (C=O) groups excluding carboxylic acids is 2. The molecule has 0 radical (unpaired) electrons. The predicted molar refractivity (Wildman–Crippen MR) is 73.0 cm³/mol. The number of carbonyl (C=O) groups is 3. The van der Waals surface area contributed by atoms with E-state index in [9.17, 15) is 14.4 Å². The van der Waals surface area contributed by atoms with Crippen LogP contribution in [0, 0.1) is 5.92 Å². The lowest BCUT2D eigenvalue weighted by molar-refractivity contribution is -0.139. The van der Waals surface area contributed by atoms with Crippen LogP contribution in [0.25, 0.3) is 0 Å². The Hall–Kier alpha value is -1.79. The van der Waals surface area contributed by atoms with Crippen molar-refractivity contribution >= 4 is 17.9 Å². The summed E-state index contributed by atoms with van der Waals surface area (Å²) in [6, 6.07) is -1.45. The third-order valence-corrected chi connectivity index (χ3v) is 3.58. The zero-order valence-corrected chi connectivity index (χ0v) is 11.8. The number of nitrogens with zero attached hydrogens (tertiary/aromatic N) is 1. The van der Waals surface area contributed by atoms with Gasteiger partial charge in [0, 0.05) is 19.5 Å². The number of hydrogen-bond acceptors (Lipinski definition) is 3. The van der Waals surface area contributed by atoms with Gasteiger partial charge in [0.15, 0.2) is 0 Å². The average Bonchev–Trinajstić information content (AvgIpc) is 2.58. The molecule has 0 saturated carbocycles. The maximum absolute atomic E-state index is 12.1. The summed E-state index contributed by atoms with van der Waals surface area (Å²) in [4.78, 5) is 35.5. The standard InChI is InChI=1S/C13H23N3O4/c1-9-3-2-7-16(8-6-9)13(20)15-10(12(18)19)4-5-11(14)17/h9-10H,2-8H2,1H3,(H2,14,17)(H,15,20)(H,18,19)/t9?,10-/m1/s1. The van der Waals surface area contributed by atoms with Crippen molar-refractivity contribution in [1.29, 1.82) is 0 Å². The van der Waals surface area contributed by atoms with Crippen LogP contribution in [0.3, 0.4) is 0 Å². The van der Waals surface area contributed by atoms with Gasteiger partial charge in [-0.15, -0.1) is 0 Å². The molecule has 0 aromatic heterocycles. The van der Waals surface area contributed by atoms with Gasteiger partial charge in [0.1, 0.15) is 6.04 Å². The Labute approximate surface area is 118 Å². The second-order valence-electron chi connectivity index (χ2n) is 5.37. The summed E-state index contributed by atoms with van der Waals surface area (Å²) >= 11 is 0. The second-order valence-corrected chi connectivity index (χ2v) is 5.37. The van der Waals surface area contributed by atoms with Crippen molar-refractivity contribution < 1.29 is 19.5 Å². The van der Waals surface area contributed by atoms with Crippen LogP contribution in [0.2, 0.25) is 0 Å². The number of likely N-dealkylation sites (tertiary alicyclic amines) is 1. The Morgan fingerprint density at radius 1 is 1.35 bits per heavy atom. The fourth-order valence-corrected chi connectivity index (χ4v) is 2.25. The van der Waals surface area contributed by atoms with Crippen LogP contribution < -0.4 is 11.1 Å². The lowest BCUT2D eigenvalue weighted by Gasteiger charge is -2.23. The minimum absolute atomic E-state index is 0.0145. The highest BCUT2D eigenvalue weighted by Gasteiger charge is 2.24. The van der Waals surface area contributed by atoms with Gasteiger partial charge in [0.05, 0.1) is 0 Å². The monoisotopic (exact) mass is 285 g/mol. The lowest BCUT2D eigenvalue weighted by Crippen LogP contribution is -2.48. The number of rotatable bonds is 5. The fourth-order valence-electron chi connectivity index (χ4n) is 2.25. The first-order valence-corrected chi connectivity index (χ1v) is 6.96. The van der Waals surface area contributed by atoms with Gasteiger partial charge in [-0.05, 0) is 31.6 Å². The smallest absolute Gasteiger partial charge is 0.326 e. The van der Waals surface area contributed by atoms with Crippen LogP contribution in [0.1, 0.15) is 39.0 Å². The van der Waals surface area contributed by atoms with Crippen LogP contribution >= 0.6 is 0 Å². The van der Waals surface area contributed by atoms with Crippen LogP contribution in [0.4, 0.5) is 4.79 Å². The Kier molecular flexibility index (Phi) is 6.27. The van der Waals surface area contributed by atoms with Gasteiger partial charge in [0.2, 0.25) is 5.91 Å². The van der Waals surface area contributed by atoms with Gasteiger partial charge in [-0.2, -0.15) is 0 Å². The Morgan fingerprint density at radius 2 is 2.05 bits per heavy atom. The van der Waals surface area contributed by atoms with Gasteiger partial charge < -0.3 is 21.1 Å². The third kappa shape index (κ3) is 5.46. The minimum atomic E-state index is -1.15. The zero-order valence-electron chi connectivity index (χ0n) is 11.8. The molecule has 114 valence electrons. The molecule has 0 spiro atoms. The normalized spacial score (nSPS) is 20.9. The van der Waals surface area contributed by atoms with Crippen molar-refractivity contribution in [2.75, 3.05) is 13.1 Å². The van der Waals surface area contributed by atoms with Crippen molar-refractivity contribution in [1.82, 2.24) is 10.2 Å². The molecule has 1 aliphatic heterocycles. The van der Waals surface area contributed by atoms with Gasteiger partial charge in [-0.25, -0.2) is 9.59 Å². The number of nitrogens with one attached hydrogen (secondary N) is 1. The van der Waals surface area contributed by atoms with Crippen molar-refractivity contribution in [3.05, 3.63) is 0 Å². The molecular weight excluding hydrogens is 262 g/mol. The lowest BCUT2D eigenvalue weighted by atomic mass is 10.0. The Bertz CT molecular complexity index is 373. The molecule has 0 aliphatic carbocycles. The van der Waals surface area contributed by atoms with E-state index < -0.39 is 17.9 Å². The average molecular weight is 285 g/mol. The summed E-state index contributed by atoms with van der Waals surface area (Å²) in [5.41, 5.74) is 5.00. The summed E-state index contributed by atoms with van der Waals surface area (Å²) in [7, 11) is 0. The highest BCUT2D eigenvalue weighted by molar-refractivity contribution is 5.83. The van der Waals surface area contributed by atoms with E-state index in [1.165, 1.54) is 0 Å². The molecule has 1 heterocycles. The SMILES string of the molecule is CC1CCCN(C(=O)N[C@H](CCC(N)=O)C(=O)O)CC1. The third-order valence-electron chi connectivity index (χ3n) is 3.58. The first-order valence-electron chi connectivity index (χ1n) is 6.96. The van der Waals surface area contributed by atoms with E-state index in [0.717, 1.165) is 19.3 Å². The van der Waals surface area contributed by atoms with E-state index in [2.05, 4.69) is 12.2 Å². The summed E-state index contributed by atoms with van der Waals surface area (Å²) in [6.45, 7) is 3.42. The molecular formula is C13H23N3O4. The van der Waals surface area contributed by atoms with Crippen LogP contribution in [-0.2, 0) is 9.59 Å². The number of aliphatic carboxylic acids is 1. The molecule has 1 saturated heterocycles. The topological polar surface area (TPSA) is 113 Å². The molecule has 3 amide bonds. The fraction of sp³-hybridized carbons (Fsp3) is 0.769. The summed E-state index contributed by atoms with van der Waals surface area (Å²) in [5.74, 6) is -1.14. The highest BCUT2D eigenvalue weighted by atomic mass is 16.4. The molecule has 1 aliphatic rings. The first kappa shape index (κ1) is 16.3. The van der Waals surface area contributed by atoms with Gasteiger partial charge in [-0.3, -0.25) is 4.79 Å². The molecule has 2 atom stereocenters. The van der Waals surface area contributed by atoms with Crippen molar-refractivity contribution in [3.8, 4) is 0 Å². The van der Waals surface area contributed by atoms with E-state index in [1.807, 2.05) is 0 Å². The Morgan fingerprint density at radius 3 is 2.65 bits per heavy atom. The molecule has 7 nitrogen and oxygen atoms in total. The number of nitrogens with two attached hydrogens (primary N) is 1. The molecule has 1 fully saturated rings. The molecule has 1 rings (SSSR count). The van der Waals surface area contributed by atoms with Crippen LogP contribution in [-0.4, -0.2) is 47.0 Å². The van der Waals surface area contributed by atoms with Gasteiger partial charge in [0.25, 0.3) is 0 Å². The van der Waals surface area contributed by atoms with E-state index in [1.54, 1.807) is 4.90 Å². The van der Waals surface area contributed by atoms with Crippen molar-refractivity contribution in [3.63, 3.8) is 0 Å². The maximum atomic E-state index is 12.1. The molecule has 1 unspecified atom stereocenters. The van der Waals surface area contributed by atoms with E-state index in [-0.39, 0.29) is 18.9 Å². The van der Waals surface area contributed by atoms with E-state index in [0.29, 0.717) is 19.0 Å². The summed E-state index contributed by atoms with van der Waals surface area (Å²) < 4.78 is 0. The van der Waals surface area contributed by atoms with Crippen LogP contribution in [0.15, 0.2) is 0 Å². The molecule has 0 aromatic carbocycles. The molecule has 20 heavy (non-hydrogen) atoms. The quantitative estimate of drug-likeness (QED) is 0.684. The zero-order chi connectivity index (χ0) is 15.1. The summed E-state index contributed by atoms with van der Waals surface area (Å²) in [5, 5.41) is 11.5. The minimum Gasteiger partial charge on any atom is -0.480 e. The second kappa shape index (κ2) is 7.72. The van der Waals surface area contributed by atoms with E-state index >= 15 is 0 Å². The number of amides is 3. The number of carboxylic acids is 1. The van der Waals surface area contributed by atoms with E-state index in [4.69, 9.17) is 10.8 Å². The predicted octanol–water partition coefficient (Wildman–Crippen LogP) is 0.537. The first-order chi connectivity index (χ1) is 9.40.